The number of nitrogens with zero attached hydrogens (tertiary/aromatic N) is 2. The quantitative estimate of drug-likeness (QED) is 0.911. The second kappa shape index (κ2) is 7.76. The fraction of sp³-hybridized carbons (Fsp3) is 0.471. The van der Waals surface area contributed by atoms with Gasteiger partial charge >= 0.3 is 0 Å². The maximum atomic E-state index is 12.5. The molecule has 1 fully saturated rings. The zero-order valence-corrected chi connectivity index (χ0v) is 13.3. The van der Waals surface area contributed by atoms with Crippen LogP contribution in [0, 0.1) is 0 Å². The molecular weight excluding hydrogens is 296 g/mol. The fourth-order valence-corrected chi connectivity index (χ4v) is 2.63. The molecule has 1 saturated heterocycles. The molecule has 0 unspecified atom stereocenters. The highest BCUT2D eigenvalue weighted by atomic mass is 16.3. The summed E-state index contributed by atoms with van der Waals surface area (Å²) in [7, 11) is 0. The molecule has 124 valence electrons. The molecule has 0 aliphatic carbocycles. The Bertz CT molecular complexity index is 600. The van der Waals surface area contributed by atoms with Gasteiger partial charge in [0, 0.05) is 44.6 Å². The molecule has 1 aromatic rings. The van der Waals surface area contributed by atoms with E-state index in [1.807, 2.05) is 0 Å². The number of phenolic OH excluding ortho intramolecular Hbond substituents is 1. The smallest absolute Gasteiger partial charge is 0.254 e. The van der Waals surface area contributed by atoms with Gasteiger partial charge in [0.15, 0.2) is 0 Å². The number of phenols is 1. The summed E-state index contributed by atoms with van der Waals surface area (Å²) in [5, 5.41) is 9.48. The number of benzene rings is 1. The summed E-state index contributed by atoms with van der Waals surface area (Å²) in [4.78, 5) is 38.9. The largest absolute Gasteiger partial charge is 0.508 e. The van der Waals surface area contributed by atoms with Gasteiger partial charge in [-0.1, -0.05) is 6.07 Å². The van der Waals surface area contributed by atoms with E-state index in [0.717, 1.165) is 0 Å². The van der Waals surface area contributed by atoms with E-state index in [2.05, 4.69) is 0 Å². The normalized spacial score (nSPS) is 15.2. The molecule has 0 aromatic heterocycles. The SMILES string of the molecule is CC(=O)CCC(=O)N1CCCN(C(=O)c2cccc(O)c2)CC1. The molecule has 0 atom stereocenters. The van der Waals surface area contributed by atoms with Crippen LogP contribution >= 0.6 is 0 Å². The number of hydrogen-bond donors (Lipinski definition) is 1. The van der Waals surface area contributed by atoms with Crippen LogP contribution in [0.2, 0.25) is 0 Å². The lowest BCUT2D eigenvalue weighted by Crippen LogP contribution is -2.37. The highest BCUT2D eigenvalue weighted by Gasteiger charge is 2.22. The van der Waals surface area contributed by atoms with E-state index in [1.54, 1.807) is 21.9 Å². The van der Waals surface area contributed by atoms with Crippen molar-refractivity contribution in [2.24, 2.45) is 0 Å². The third-order valence-electron chi connectivity index (χ3n) is 3.92. The molecule has 1 N–H and O–H groups in total. The zero-order chi connectivity index (χ0) is 16.8. The van der Waals surface area contributed by atoms with E-state index in [-0.39, 0.29) is 36.2 Å². The van der Waals surface area contributed by atoms with Crippen LogP contribution in [0.4, 0.5) is 0 Å². The second-order valence-electron chi connectivity index (χ2n) is 5.78. The Hall–Kier alpha value is -2.37. The highest BCUT2D eigenvalue weighted by Crippen LogP contribution is 2.15. The van der Waals surface area contributed by atoms with Crippen LogP contribution in [-0.4, -0.2) is 58.7 Å². The standard InChI is InChI=1S/C17H22N2O4/c1-13(20)6-7-16(22)18-8-3-9-19(11-10-18)17(23)14-4-2-5-15(21)12-14/h2,4-5,12,21H,3,6-11H2,1H3. The summed E-state index contributed by atoms with van der Waals surface area (Å²) in [5.41, 5.74) is 0.446. The molecule has 0 bridgehead atoms. The summed E-state index contributed by atoms with van der Waals surface area (Å²) < 4.78 is 0. The Kier molecular flexibility index (Phi) is 5.73. The summed E-state index contributed by atoms with van der Waals surface area (Å²) in [5.74, 6) is -0.105. The first-order chi connectivity index (χ1) is 11.0. The predicted molar refractivity (Wildman–Crippen MR) is 85.1 cm³/mol. The minimum absolute atomic E-state index is 0.00821. The first kappa shape index (κ1) is 17.0. The second-order valence-corrected chi connectivity index (χ2v) is 5.78. The molecular formula is C17H22N2O4. The molecule has 1 heterocycles. The molecule has 1 aliphatic heterocycles. The topological polar surface area (TPSA) is 77.9 Å². The van der Waals surface area contributed by atoms with Gasteiger partial charge in [-0.15, -0.1) is 0 Å². The van der Waals surface area contributed by atoms with Gasteiger partial charge in [0.1, 0.15) is 11.5 Å². The van der Waals surface area contributed by atoms with Gasteiger partial charge in [0.2, 0.25) is 5.91 Å². The number of amides is 2. The van der Waals surface area contributed by atoms with Crippen molar-refractivity contribution >= 4 is 17.6 Å². The van der Waals surface area contributed by atoms with Crippen molar-refractivity contribution in [3.05, 3.63) is 29.8 Å². The van der Waals surface area contributed by atoms with Gasteiger partial charge < -0.3 is 19.7 Å². The molecule has 0 spiro atoms. The van der Waals surface area contributed by atoms with Gasteiger partial charge in [-0.2, -0.15) is 0 Å². The van der Waals surface area contributed by atoms with Gasteiger partial charge in [0.25, 0.3) is 5.91 Å². The molecule has 23 heavy (non-hydrogen) atoms. The number of ketones is 1. The molecule has 6 heteroatoms. The minimum Gasteiger partial charge on any atom is -0.508 e. The minimum atomic E-state index is -0.140. The third-order valence-corrected chi connectivity index (χ3v) is 3.92. The van der Waals surface area contributed by atoms with Crippen molar-refractivity contribution in [3.63, 3.8) is 0 Å². The first-order valence-corrected chi connectivity index (χ1v) is 7.83. The van der Waals surface area contributed by atoms with Crippen LogP contribution in [-0.2, 0) is 9.59 Å². The molecule has 2 amide bonds. The molecule has 6 nitrogen and oxygen atoms in total. The van der Waals surface area contributed by atoms with Crippen molar-refractivity contribution in [1.82, 2.24) is 9.80 Å². The van der Waals surface area contributed by atoms with Crippen LogP contribution < -0.4 is 0 Å². The average molecular weight is 318 g/mol. The molecule has 2 rings (SSSR count). The van der Waals surface area contributed by atoms with Gasteiger partial charge in [-0.25, -0.2) is 0 Å². The third kappa shape index (κ3) is 4.81. The van der Waals surface area contributed by atoms with E-state index < -0.39 is 0 Å². The van der Waals surface area contributed by atoms with Crippen molar-refractivity contribution in [2.45, 2.75) is 26.2 Å². The first-order valence-electron chi connectivity index (χ1n) is 7.83. The number of aromatic hydroxyl groups is 1. The molecule has 0 saturated carbocycles. The van der Waals surface area contributed by atoms with Crippen molar-refractivity contribution in [3.8, 4) is 5.75 Å². The predicted octanol–water partition coefficient (Wildman–Crippen LogP) is 1.44. The van der Waals surface area contributed by atoms with E-state index in [9.17, 15) is 19.5 Å². The molecule has 0 radical (unpaired) electrons. The molecule has 1 aliphatic rings. The Morgan fingerprint density at radius 3 is 2.43 bits per heavy atom. The van der Waals surface area contributed by atoms with Gasteiger partial charge in [0.05, 0.1) is 0 Å². The summed E-state index contributed by atoms with van der Waals surface area (Å²) >= 11 is 0. The number of carbonyl (C=O) groups excluding carboxylic acids is 3. The number of rotatable bonds is 4. The Balaban J connectivity index is 1.94. The number of Topliss-reactive ketones (excluding diaryl/α,β-unsaturated/α-hetero) is 1. The van der Waals surface area contributed by atoms with E-state index in [4.69, 9.17) is 0 Å². The monoisotopic (exact) mass is 318 g/mol. The van der Waals surface area contributed by atoms with Crippen LogP contribution in [0.1, 0.15) is 36.5 Å². The lowest BCUT2D eigenvalue weighted by molar-refractivity contribution is -0.132. The van der Waals surface area contributed by atoms with Crippen molar-refractivity contribution < 1.29 is 19.5 Å². The van der Waals surface area contributed by atoms with Crippen LogP contribution in [0.25, 0.3) is 0 Å². The van der Waals surface area contributed by atoms with E-state index in [1.165, 1.54) is 19.1 Å². The Morgan fingerprint density at radius 1 is 1.04 bits per heavy atom. The van der Waals surface area contributed by atoms with Gasteiger partial charge in [-0.3, -0.25) is 9.59 Å². The number of carbonyl (C=O) groups is 3. The average Bonchev–Trinajstić information content (AvgIpc) is 2.78. The number of hydrogen-bond acceptors (Lipinski definition) is 4. The van der Waals surface area contributed by atoms with Crippen LogP contribution in [0.3, 0.4) is 0 Å². The summed E-state index contributed by atoms with van der Waals surface area (Å²) in [6.07, 6.45) is 1.20. The zero-order valence-electron chi connectivity index (χ0n) is 13.3. The van der Waals surface area contributed by atoms with Crippen LogP contribution in [0.5, 0.6) is 5.75 Å². The van der Waals surface area contributed by atoms with Crippen molar-refractivity contribution in [2.75, 3.05) is 26.2 Å². The van der Waals surface area contributed by atoms with Crippen molar-refractivity contribution in [1.29, 1.82) is 0 Å². The summed E-state index contributed by atoms with van der Waals surface area (Å²) in [6, 6.07) is 6.28. The van der Waals surface area contributed by atoms with Crippen LogP contribution in [0.15, 0.2) is 24.3 Å². The Morgan fingerprint density at radius 2 is 1.74 bits per heavy atom. The maximum Gasteiger partial charge on any atom is 0.254 e. The fourth-order valence-electron chi connectivity index (χ4n) is 2.63. The van der Waals surface area contributed by atoms with E-state index in [0.29, 0.717) is 38.2 Å². The molecule has 1 aromatic carbocycles. The lowest BCUT2D eigenvalue weighted by atomic mass is 10.2. The highest BCUT2D eigenvalue weighted by molar-refractivity contribution is 5.94. The van der Waals surface area contributed by atoms with Gasteiger partial charge in [-0.05, 0) is 31.5 Å². The maximum absolute atomic E-state index is 12.5. The lowest BCUT2D eigenvalue weighted by Gasteiger charge is -2.22. The summed E-state index contributed by atoms with van der Waals surface area (Å²) in [6.45, 7) is 3.58. The Labute approximate surface area is 135 Å². The van der Waals surface area contributed by atoms with E-state index >= 15 is 0 Å².